The summed E-state index contributed by atoms with van der Waals surface area (Å²) < 4.78 is 6.88. The summed E-state index contributed by atoms with van der Waals surface area (Å²) in [5.74, 6) is 1.09. The Hall–Kier alpha value is -3.42. The number of benzene rings is 1. The average molecular weight is 436 g/mol. The molecule has 3 aromatic rings. The second-order valence-electron chi connectivity index (χ2n) is 8.04. The second kappa shape index (κ2) is 8.98. The van der Waals surface area contributed by atoms with Gasteiger partial charge in [-0.25, -0.2) is 9.69 Å². The maximum atomic E-state index is 13.0. The van der Waals surface area contributed by atoms with Gasteiger partial charge in [0.1, 0.15) is 12.3 Å². The van der Waals surface area contributed by atoms with Gasteiger partial charge in [0.25, 0.3) is 5.91 Å². The molecule has 0 bridgehead atoms. The summed E-state index contributed by atoms with van der Waals surface area (Å²) >= 11 is 0. The molecular formula is C24H29N5O3. The lowest BCUT2D eigenvalue weighted by Gasteiger charge is -2.18. The fraction of sp³-hybridized carbons (Fsp3) is 0.417. The zero-order chi connectivity index (χ0) is 22.8. The third-order valence-electron chi connectivity index (χ3n) is 5.85. The van der Waals surface area contributed by atoms with Crippen LogP contribution in [-0.2, 0) is 17.9 Å². The van der Waals surface area contributed by atoms with Crippen LogP contribution in [0.5, 0.6) is 0 Å². The highest BCUT2D eigenvalue weighted by molar-refractivity contribution is 6.19. The van der Waals surface area contributed by atoms with Gasteiger partial charge in [-0.2, -0.15) is 5.10 Å². The van der Waals surface area contributed by atoms with Crippen molar-refractivity contribution in [1.29, 1.82) is 0 Å². The number of rotatable bonds is 6. The minimum absolute atomic E-state index is 0.0763. The van der Waals surface area contributed by atoms with Gasteiger partial charge in [-0.3, -0.25) is 9.48 Å². The number of amides is 3. The zero-order valence-corrected chi connectivity index (χ0v) is 19.0. The van der Waals surface area contributed by atoms with Crippen LogP contribution >= 0.6 is 0 Å². The van der Waals surface area contributed by atoms with Crippen molar-refractivity contribution in [1.82, 2.24) is 19.8 Å². The van der Waals surface area contributed by atoms with Crippen LogP contribution < -0.4 is 4.90 Å². The highest BCUT2D eigenvalue weighted by Crippen LogP contribution is 2.42. The van der Waals surface area contributed by atoms with Crippen molar-refractivity contribution < 1.29 is 14.1 Å². The van der Waals surface area contributed by atoms with Gasteiger partial charge >= 0.3 is 6.03 Å². The molecule has 32 heavy (non-hydrogen) atoms. The Morgan fingerprint density at radius 1 is 1.09 bits per heavy atom. The molecule has 0 N–H and O–H groups in total. The molecule has 5 rings (SSSR count). The van der Waals surface area contributed by atoms with E-state index >= 15 is 0 Å². The second-order valence-corrected chi connectivity index (χ2v) is 8.04. The summed E-state index contributed by atoms with van der Waals surface area (Å²) in [7, 11) is 0. The van der Waals surface area contributed by atoms with E-state index < -0.39 is 0 Å². The summed E-state index contributed by atoms with van der Waals surface area (Å²) in [6, 6.07) is 7.90. The Bertz CT molecular complexity index is 1110. The molecule has 1 saturated heterocycles. The zero-order valence-electron chi connectivity index (χ0n) is 19.0. The molecule has 2 fully saturated rings. The van der Waals surface area contributed by atoms with E-state index in [0.717, 1.165) is 22.6 Å². The van der Waals surface area contributed by atoms with Crippen LogP contribution in [0.4, 0.5) is 10.5 Å². The first-order chi connectivity index (χ1) is 15.5. The Morgan fingerprint density at radius 2 is 1.84 bits per heavy atom. The van der Waals surface area contributed by atoms with Crippen molar-refractivity contribution in [3.8, 4) is 0 Å². The molecule has 8 heteroatoms. The maximum absolute atomic E-state index is 13.0. The van der Waals surface area contributed by atoms with E-state index in [1.54, 1.807) is 22.0 Å². The van der Waals surface area contributed by atoms with Crippen LogP contribution in [0.3, 0.4) is 0 Å². The van der Waals surface area contributed by atoms with Crippen molar-refractivity contribution >= 4 is 17.6 Å². The molecule has 3 heterocycles. The van der Waals surface area contributed by atoms with Crippen LogP contribution in [0.15, 0.2) is 41.2 Å². The largest absolute Gasteiger partial charge is 0.361 e. The number of carbonyl (C=O) groups is 2. The minimum Gasteiger partial charge on any atom is -0.361 e. The number of carbonyl (C=O) groups excluding carboxylic acids is 2. The van der Waals surface area contributed by atoms with E-state index in [9.17, 15) is 9.59 Å². The van der Waals surface area contributed by atoms with Crippen molar-refractivity contribution in [2.24, 2.45) is 0 Å². The molecule has 1 aromatic carbocycles. The van der Waals surface area contributed by atoms with Crippen molar-refractivity contribution in [3.63, 3.8) is 0 Å². The number of aromatic nitrogens is 3. The molecular weight excluding hydrogens is 406 g/mol. The summed E-state index contributed by atoms with van der Waals surface area (Å²) in [6.45, 7) is 8.72. The van der Waals surface area contributed by atoms with Crippen LogP contribution in [0.1, 0.15) is 60.8 Å². The molecule has 0 atom stereocenters. The lowest BCUT2D eigenvalue weighted by molar-refractivity contribution is -0.116. The van der Waals surface area contributed by atoms with Crippen molar-refractivity contribution in [2.75, 3.05) is 11.4 Å². The topological polar surface area (TPSA) is 84.5 Å². The third kappa shape index (κ3) is 4.17. The maximum Gasteiger partial charge on any atom is 0.332 e. The minimum atomic E-state index is -0.303. The van der Waals surface area contributed by atoms with Gasteiger partial charge in [-0.1, -0.05) is 43.3 Å². The van der Waals surface area contributed by atoms with Gasteiger partial charge in [0, 0.05) is 18.3 Å². The quantitative estimate of drug-likeness (QED) is 0.536. The smallest absolute Gasteiger partial charge is 0.332 e. The lowest BCUT2D eigenvalue weighted by atomic mass is 10.0. The van der Waals surface area contributed by atoms with Crippen LogP contribution in [0.25, 0.3) is 0 Å². The normalized spacial score (nSPS) is 15.9. The van der Waals surface area contributed by atoms with Gasteiger partial charge < -0.3 is 9.42 Å². The van der Waals surface area contributed by atoms with Crippen LogP contribution in [0.2, 0.25) is 0 Å². The predicted octanol–water partition coefficient (Wildman–Crippen LogP) is 4.41. The summed E-state index contributed by atoms with van der Waals surface area (Å²) in [5, 5.41) is 8.28. The number of anilines is 1. The van der Waals surface area contributed by atoms with Gasteiger partial charge in [0.15, 0.2) is 0 Å². The molecule has 0 unspecified atom stereocenters. The van der Waals surface area contributed by atoms with Gasteiger partial charge in [-0.15, -0.1) is 0 Å². The predicted molar refractivity (Wildman–Crippen MR) is 120 cm³/mol. The molecule has 0 spiro atoms. The molecule has 3 amide bonds. The van der Waals surface area contributed by atoms with Gasteiger partial charge in [0.05, 0.1) is 24.1 Å². The Morgan fingerprint density at radius 3 is 2.53 bits per heavy atom. The first kappa shape index (κ1) is 21.8. The first-order valence-corrected chi connectivity index (χ1v) is 11.1. The number of hydrogen-bond acceptors (Lipinski definition) is 5. The average Bonchev–Trinajstić information content (AvgIpc) is 3.38. The molecule has 1 aliphatic carbocycles. The fourth-order valence-corrected chi connectivity index (χ4v) is 4.05. The summed E-state index contributed by atoms with van der Waals surface area (Å²) in [5.41, 5.74) is 4.65. The van der Waals surface area contributed by atoms with Gasteiger partial charge in [0.2, 0.25) is 0 Å². The van der Waals surface area contributed by atoms with Crippen molar-refractivity contribution in [3.05, 3.63) is 64.8 Å². The molecule has 1 saturated carbocycles. The summed E-state index contributed by atoms with van der Waals surface area (Å²) in [4.78, 5) is 28.5. The number of aryl methyl sites for hydroxylation is 2. The molecule has 0 radical (unpaired) electrons. The fourth-order valence-electron chi connectivity index (χ4n) is 4.05. The highest BCUT2D eigenvalue weighted by Gasteiger charge is 2.38. The van der Waals surface area contributed by atoms with E-state index in [-0.39, 0.29) is 18.5 Å². The lowest BCUT2D eigenvalue weighted by Crippen LogP contribution is -2.32. The number of hydrogen-bond donors (Lipinski definition) is 0. The van der Waals surface area contributed by atoms with Crippen molar-refractivity contribution in [2.45, 2.75) is 59.5 Å². The number of urea groups is 1. The Kier molecular flexibility index (Phi) is 6.12. The van der Waals surface area contributed by atoms with E-state index in [0.29, 0.717) is 24.7 Å². The Labute approximate surface area is 187 Å². The molecule has 8 nitrogen and oxygen atoms in total. The molecule has 168 valence electrons. The molecule has 1 aliphatic heterocycles. The van der Waals surface area contributed by atoms with E-state index in [2.05, 4.69) is 22.4 Å². The standard InChI is InChI=1S/C22H23N5O3.C2H6/c1-14-20(15(2)30-24-14)12-26-11-18(9-23-26)27-21(28)13-25(22(27)29)10-17-5-3-4-6-19(17)16-7-8-16;1-2/h3-6,9,11,16H,7-8,10,12-13H2,1-2H3;1-2H3. The summed E-state index contributed by atoms with van der Waals surface area (Å²) in [6.07, 6.45) is 5.65. The third-order valence-corrected chi connectivity index (χ3v) is 5.85. The molecule has 2 aromatic heterocycles. The van der Waals surface area contributed by atoms with E-state index in [1.165, 1.54) is 23.3 Å². The van der Waals surface area contributed by atoms with E-state index in [1.807, 2.05) is 39.8 Å². The Balaban J connectivity index is 0.00000119. The number of imide groups is 1. The van der Waals surface area contributed by atoms with Crippen LogP contribution in [-0.4, -0.2) is 38.3 Å². The van der Waals surface area contributed by atoms with Crippen LogP contribution in [0, 0.1) is 13.8 Å². The highest BCUT2D eigenvalue weighted by atomic mass is 16.5. The first-order valence-electron chi connectivity index (χ1n) is 11.1. The SMILES string of the molecule is CC.Cc1noc(C)c1Cn1cc(N2C(=O)CN(Cc3ccccc3C3CC3)C2=O)cn1. The molecule has 2 aliphatic rings. The van der Waals surface area contributed by atoms with E-state index in [4.69, 9.17) is 4.52 Å². The monoisotopic (exact) mass is 435 g/mol. The van der Waals surface area contributed by atoms with Gasteiger partial charge in [-0.05, 0) is 43.7 Å². The number of nitrogens with zero attached hydrogens (tertiary/aromatic N) is 5.